The van der Waals surface area contributed by atoms with Gasteiger partial charge in [-0.1, -0.05) is 30.4 Å². The average Bonchev–Trinajstić information content (AvgIpc) is 2.63. The summed E-state index contributed by atoms with van der Waals surface area (Å²) in [6.45, 7) is 20.9. The number of allylic oxidation sites excluding steroid dienone is 1. The quantitative estimate of drug-likeness (QED) is 0.216. The first-order valence-electron chi connectivity index (χ1n) is 10.3. The first-order chi connectivity index (χ1) is 14.1. The summed E-state index contributed by atoms with van der Waals surface area (Å²) in [6.07, 6.45) is -0.368. The Bertz CT molecular complexity index is 771. The number of carbonyl (C=O) groups excluding carboxylic acids is 1. The molecule has 188 valence electrons. The SMILES string of the molecule is C=C(C)c1cccc(C(C)(C)NC(=O)OCC[N+](CC)(CC)CC)c1.F[P-](F)(F)(F)(F)F. The summed E-state index contributed by atoms with van der Waals surface area (Å²) in [6, 6.07) is 8.09. The number of benzene rings is 1. The molecular weight excluding hydrogens is 457 g/mol. The van der Waals surface area contributed by atoms with Gasteiger partial charge in [-0.3, -0.25) is 0 Å². The van der Waals surface area contributed by atoms with Gasteiger partial charge in [-0.15, -0.1) is 0 Å². The monoisotopic (exact) mass is 492 g/mol. The molecule has 1 aromatic rings. The Morgan fingerprint density at radius 1 is 1.06 bits per heavy atom. The number of rotatable bonds is 9. The van der Waals surface area contributed by atoms with Gasteiger partial charge in [0, 0.05) is 0 Å². The molecule has 0 fully saturated rings. The number of nitrogens with one attached hydrogen (secondary N) is 1. The molecule has 0 heterocycles. The van der Waals surface area contributed by atoms with E-state index in [1.165, 1.54) is 0 Å². The van der Waals surface area contributed by atoms with Crippen molar-refractivity contribution in [1.29, 1.82) is 0 Å². The Morgan fingerprint density at radius 3 is 1.94 bits per heavy atom. The van der Waals surface area contributed by atoms with Crippen LogP contribution in [0.2, 0.25) is 0 Å². The zero-order chi connectivity index (χ0) is 25.5. The van der Waals surface area contributed by atoms with E-state index in [-0.39, 0.29) is 6.09 Å². The summed E-state index contributed by atoms with van der Waals surface area (Å²) in [7, 11) is -10.7. The van der Waals surface area contributed by atoms with Crippen LogP contribution in [0.3, 0.4) is 0 Å². The van der Waals surface area contributed by atoms with Gasteiger partial charge in [-0.25, -0.2) is 4.79 Å². The number of quaternary nitrogens is 1. The first kappa shape index (κ1) is 30.2. The normalized spacial score (nSPS) is 14.4. The van der Waals surface area contributed by atoms with Gasteiger partial charge in [-0.2, -0.15) is 0 Å². The second-order valence-corrected chi connectivity index (χ2v) is 10.1. The van der Waals surface area contributed by atoms with Crippen molar-refractivity contribution in [3.05, 3.63) is 42.0 Å². The van der Waals surface area contributed by atoms with Crippen molar-refractivity contribution in [2.24, 2.45) is 0 Å². The molecule has 0 bridgehead atoms. The molecule has 0 saturated heterocycles. The van der Waals surface area contributed by atoms with Crippen LogP contribution in [0.5, 0.6) is 0 Å². The van der Waals surface area contributed by atoms with E-state index in [1.807, 2.05) is 39.0 Å². The van der Waals surface area contributed by atoms with Crippen molar-refractivity contribution >= 4 is 19.5 Å². The third-order valence-corrected chi connectivity index (χ3v) is 5.30. The summed E-state index contributed by atoms with van der Waals surface area (Å²) in [5.74, 6) is 0. The number of ether oxygens (including phenoxy) is 1. The van der Waals surface area contributed by atoms with Gasteiger partial charge in [0.15, 0.2) is 0 Å². The predicted octanol–water partition coefficient (Wildman–Crippen LogP) is 7.94. The summed E-state index contributed by atoms with van der Waals surface area (Å²) >= 11 is 0. The van der Waals surface area contributed by atoms with Gasteiger partial charge >= 0.3 is 39.1 Å². The van der Waals surface area contributed by atoms with E-state index in [2.05, 4.69) is 38.7 Å². The van der Waals surface area contributed by atoms with E-state index in [9.17, 15) is 30.0 Å². The van der Waals surface area contributed by atoms with Gasteiger partial charge in [0.25, 0.3) is 0 Å². The van der Waals surface area contributed by atoms with Crippen molar-refractivity contribution in [2.45, 2.75) is 47.1 Å². The molecule has 0 aliphatic rings. The van der Waals surface area contributed by atoms with Crippen LogP contribution >= 0.6 is 7.81 Å². The Balaban J connectivity index is 0.00000118. The predicted molar refractivity (Wildman–Crippen MR) is 119 cm³/mol. The molecule has 0 unspecified atom stereocenters. The fourth-order valence-corrected chi connectivity index (χ4v) is 3.01. The minimum atomic E-state index is -10.7. The summed E-state index contributed by atoms with van der Waals surface area (Å²) < 4.78 is 65.6. The van der Waals surface area contributed by atoms with Crippen molar-refractivity contribution in [3.8, 4) is 0 Å². The summed E-state index contributed by atoms with van der Waals surface area (Å²) in [5, 5.41) is 2.98. The number of hydrogen-bond acceptors (Lipinski definition) is 2. The van der Waals surface area contributed by atoms with Crippen molar-refractivity contribution in [1.82, 2.24) is 5.32 Å². The van der Waals surface area contributed by atoms with Gasteiger partial charge in [0.1, 0.15) is 13.2 Å². The molecule has 1 rings (SSSR count). The molecule has 0 saturated carbocycles. The number of alkyl carbamates (subject to hydrolysis) is 1. The van der Waals surface area contributed by atoms with E-state index in [0.29, 0.717) is 6.61 Å². The Hall–Kier alpha value is -1.80. The molecule has 0 radical (unpaired) electrons. The molecule has 0 atom stereocenters. The van der Waals surface area contributed by atoms with Crippen LogP contribution in [0, 0.1) is 0 Å². The summed E-state index contributed by atoms with van der Waals surface area (Å²) in [5.41, 5.74) is 2.62. The molecule has 1 aromatic carbocycles. The van der Waals surface area contributed by atoms with Crippen molar-refractivity contribution < 1.29 is 39.2 Å². The van der Waals surface area contributed by atoms with E-state index in [1.54, 1.807) is 0 Å². The molecule has 1 N–H and O–H groups in total. The van der Waals surface area contributed by atoms with Gasteiger partial charge < -0.3 is 14.5 Å². The molecule has 11 heteroatoms. The van der Waals surface area contributed by atoms with Crippen molar-refractivity contribution in [3.63, 3.8) is 0 Å². The number of halogens is 6. The van der Waals surface area contributed by atoms with Crippen LogP contribution in [0.4, 0.5) is 30.0 Å². The zero-order valence-electron chi connectivity index (χ0n) is 19.5. The molecule has 0 aliphatic carbocycles. The topological polar surface area (TPSA) is 38.3 Å². The van der Waals surface area contributed by atoms with Crippen LogP contribution in [0.1, 0.15) is 52.7 Å². The molecule has 1 amide bonds. The standard InChI is InChI=1S/C21H34N2O2.F6P/c1-8-23(9-2,10-3)14-15-25-20(24)22-21(6,7)19-13-11-12-18(16-19)17(4)5;1-7(2,3,4,5)6/h11-13,16H,4,8-10,14-15H2,1-3,5-7H3;/q;-1/p+1. The molecular formula is C21H35F6N2O2P. The Kier molecular flexibility index (Phi) is 9.43. The molecule has 32 heavy (non-hydrogen) atoms. The van der Waals surface area contributed by atoms with Gasteiger partial charge in [0.05, 0.1) is 25.2 Å². The van der Waals surface area contributed by atoms with E-state index >= 15 is 0 Å². The first-order valence-corrected chi connectivity index (χ1v) is 12.3. The summed E-state index contributed by atoms with van der Waals surface area (Å²) in [4.78, 5) is 12.2. The maximum atomic E-state index is 12.2. The second-order valence-electron chi connectivity index (χ2n) is 8.22. The number of carbonyl (C=O) groups is 1. The number of nitrogens with zero attached hydrogens (tertiary/aromatic N) is 1. The van der Waals surface area contributed by atoms with Crippen molar-refractivity contribution in [2.75, 3.05) is 32.8 Å². The third kappa shape index (κ3) is 13.6. The number of hydrogen-bond donors (Lipinski definition) is 1. The fourth-order valence-electron chi connectivity index (χ4n) is 3.01. The molecule has 0 aromatic heterocycles. The van der Waals surface area contributed by atoms with Crippen LogP contribution in [-0.4, -0.2) is 43.4 Å². The molecule has 0 spiro atoms. The Labute approximate surface area is 186 Å². The second kappa shape index (κ2) is 10.00. The van der Waals surface area contributed by atoms with Gasteiger partial charge in [-0.05, 0) is 58.7 Å². The van der Waals surface area contributed by atoms with E-state index in [4.69, 9.17) is 4.74 Å². The van der Waals surface area contributed by atoms with Crippen LogP contribution in [0.25, 0.3) is 5.57 Å². The van der Waals surface area contributed by atoms with Crippen LogP contribution in [-0.2, 0) is 10.3 Å². The average molecular weight is 492 g/mol. The maximum absolute atomic E-state index is 12.2. The molecule has 0 aliphatic heterocycles. The van der Waals surface area contributed by atoms with E-state index in [0.717, 1.165) is 47.4 Å². The van der Waals surface area contributed by atoms with Crippen LogP contribution in [0.15, 0.2) is 30.8 Å². The molecule has 4 nitrogen and oxygen atoms in total. The van der Waals surface area contributed by atoms with E-state index < -0.39 is 13.3 Å². The zero-order valence-corrected chi connectivity index (χ0v) is 20.4. The fraction of sp³-hybridized carbons (Fsp3) is 0.571. The third-order valence-electron chi connectivity index (χ3n) is 5.30. The number of likely N-dealkylation sites (N-methyl/N-ethyl adjacent to an activating group) is 1. The number of amides is 1. The van der Waals surface area contributed by atoms with Gasteiger partial charge in [0.2, 0.25) is 0 Å². The van der Waals surface area contributed by atoms with Crippen LogP contribution < -0.4 is 5.32 Å². The minimum absolute atomic E-state index is 0.368. The Morgan fingerprint density at radius 2 is 1.53 bits per heavy atom.